The fraction of sp³-hybridized carbons (Fsp3) is 0.462. The quantitative estimate of drug-likeness (QED) is 0.652. The Morgan fingerprint density at radius 2 is 2.18 bits per heavy atom. The molecule has 1 atom stereocenters. The van der Waals surface area contributed by atoms with E-state index >= 15 is 0 Å². The third-order valence-electron chi connectivity index (χ3n) is 3.46. The highest BCUT2D eigenvalue weighted by Crippen LogP contribution is 2.23. The largest absolute Gasteiger partial charge is 0.352 e. The Kier molecular flexibility index (Phi) is 4.77. The first-order chi connectivity index (χ1) is 10.3. The molecule has 9 heteroatoms. The Morgan fingerprint density at radius 3 is 2.82 bits per heavy atom. The van der Waals surface area contributed by atoms with Gasteiger partial charge in [-0.25, -0.2) is 8.42 Å². The van der Waals surface area contributed by atoms with Crippen molar-refractivity contribution in [2.75, 3.05) is 13.1 Å². The predicted molar refractivity (Wildman–Crippen MR) is 78.7 cm³/mol. The lowest BCUT2D eigenvalue weighted by Crippen LogP contribution is -2.49. The van der Waals surface area contributed by atoms with Crippen LogP contribution in [-0.2, 0) is 14.8 Å². The number of non-ortho nitro benzene ring substituents is 1. The van der Waals surface area contributed by atoms with Gasteiger partial charge in [-0.15, -0.1) is 0 Å². The van der Waals surface area contributed by atoms with E-state index in [4.69, 9.17) is 0 Å². The second kappa shape index (κ2) is 6.41. The normalized spacial score (nSPS) is 19.6. The Labute approximate surface area is 128 Å². The van der Waals surface area contributed by atoms with Gasteiger partial charge in [0.1, 0.15) is 0 Å². The van der Waals surface area contributed by atoms with E-state index in [1.54, 1.807) is 0 Å². The minimum atomic E-state index is -3.81. The smallest absolute Gasteiger partial charge is 0.270 e. The molecule has 0 bridgehead atoms. The van der Waals surface area contributed by atoms with Crippen molar-refractivity contribution in [1.82, 2.24) is 9.62 Å². The van der Waals surface area contributed by atoms with E-state index in [2.05, 4.69) is 5.32 Å². The van der Waals surface area contributed by atoms with Crippen molar-refractivity contribution in [2.24, 2.45) is 0 Å². The van der Waals surface area contributed by atoms with Gasteiger partial charge in [0, 0.05) is 38.2 Å². The summed E-state index contributed by atoms with van der Waals surface area (Å²) in [6, 6.07) is 4.75. The molecule has 1 saturated heterocycles. The maximum absolute atomic E-state index is 12.6. The molecule has 1 aliphatic rings. The number of nitro benzene ring substituents is 1. The van der Waals surface area contributed by atoms with Crippen molar-refractivity contribution in [1.29, 1.82) is 0 Å². The van der Waals surface area contributed by atoms with Gasteiger partial charge in [0.25, 0.3) is 5.69 Å². The van der Waals surface area contributed by atoms with Crippen LogP contribution < -0.4 is 5.32 Å². The average molecular weight is 327 g/mol. The molecule has 1 fully saturated rings. The Morgan fingerprint density at radius 1 is 1.45 bits per heavy atom. The fourth-order valence-electron chi connectivity index (χ4n) is 2.47. The van der Waals surface area contributed by atoms with Crippen molar-refractivity contribution in [3.05, 3.63) is 34.4 Å². The van der Waals surface area contributed by atoms with Gasteiger partial charge in [-0.05, 0) is 18.9 Å². The first kappa shape index (κ1) is 16.4. The first-order valence-electron chi connectivity index (χ1n) is 6.82. The molecule has 120 valence electrons. The summed E-state index contributed by atoms with van der Waals surface area (Å²) in [5.41, 5.74) is -0.267. The molecule has 1 heterocycles. The molecule has 0 saturated carbocycles. The van der Waals surface area contributed by atoms with E-state index in [9.17, 15) is 23.3 Å². The van der Waals surface area contributed by atoms with Gasteiger partial charge in [0.2, 0.25) is 15.9 Å². The number of nitrogens with zero attached hydrogens (tertiary/aromatic N) is 2. The van der Waals surface area contributed by atoms with E-state index in [1.807, 2.05) is 0 Å². The van der Waals surface area contributed by atoms with Gasteiger partial charge in [-0.2, -0.15) is 4.31 Å². The Balaban J connectivity index is 2.24. The van der Waals surface area contributed by atoms with E-state index in [0.29, 0.717) is 19.4 Å². The van der Waals surface area contributed by atoms with Crippen LogP contribution in [0.1, 0.15) is 19.8 Å². The van der Waals surface area contributed by atoms with Crippen molar-refractivity contribution in [3.8, 4) is 0 Å². The standard InChI is InChI=1S/C13H17N3O5S/c1-10(17)14-11-4-3-7-15(9-11)22(20,21)13-6-2-5-12(8-13)16(18)19/h2,5-6,8,11H,3-4,7,9H2,1H3,(H,14,17). The monoisotopic (exact) mass is 327 g/mol. The third-order valence-corrected chi connectivity index (χ3v) is 5.32. The number of amides is 1. The molecule has 0 spiro atoms. The molecule has 22 heavy (non-hydrogen) atoms. The maximum Gasteiger partial charge on any atom is 0.270 e. The molecule has 0 radical (unpaired) electrons. The first-order valence-corrected chi connectivity index (χ1v) is 8.26. The van der Waals surface area contributed by atoms with Gasteiger partial charge < -0.3 is 5.32 Å². The van der Waals surface area contributed by atoms with Crippen LogP contribution in [0.25, 0.3) is 0 Å². The molecule has 1 amide bonds. The second-order valence-electron chi connectivity index (χ2n) is 5.16. The summed E-state index contributed by atoms with van der Waals surface area (Å²) < 4.78 is 26.4. The number of benzene rings is 1. The second-order valence-corrected chi connectivity index (χ2v) is 7.10. The molecule has 0 aliphatic carbocycles. The summed E-state index contributed by atoms with van der Waals surface area (Å²) in [6.45, 7) is 1.89. The molecule has 8 nitrogen and oxygen atoms in total. The highest BCUT2D eigenvalue weighted by atomic mass is 32.2. The number of carbonyl (C=O) groups is 1. The third kappa shape index (κ3) is 3.60. The van der Waals surface area contributed by atoms with Crippen LogP contribution in [0.5, 0.6) is 0 Å². The van der Waals surface area contributed by atoms with Crippen molar-refractivity contribution in [3.63, 3.8) is 0 Å². The highest BCUT2D eigenvalue weighted by Gasteiger charge is 2.31. The van der Waals surface area contributed by atoms with Crippen molar-refractivity contribution >= 4 is 21.6 Å². The van der Waals surface area contributed by atoms with Gasteiger partial charge in [-0.3, -0.25) is 14.9 Å². The van der Waals surface area contributed by atoms with Crippen LogP contribution in [0.4, 0.5) is 5.69 Å². The number of nitro groups is 1. The minimum Gasteiger partial charge on any atom is -0.352 e. The number of piperidine rings is 1. The zero-order chi connectivity index (χ0) is 16.3. The van der Waals surface area contributed by atoms with Crippen LogP contribution in [-0.4, -0.2) is 42.7 Å². The van der Waals surface area contributed by atoms with E-state index in [1.165, 1.54) is 29.4 Å². The Bertz CT molecular complexity index is 689. The average Bonchev–Trinajstić information content (AvgIpc) is 2.47. The molecule has 1 unspecified atom stereocenters. The van der Waals surface area contributed by atoms with Gasteiger partial charge in [-0.1, -0.05) is 6.07 Å². The van der Waals surface area contributed by atoms with Crippen LogP contribution >= 0.6 is 0 Å². The summed E-state index contributed by atoms with van der Waals surface area (Å²) in [5, 5.41) is 13.5. The van der Waals surface area contributed by atoms with E-state index < -0.39 is 14.9 Å². The zero-order valence-corrected chi connectivity index (χ0v) is 12.9. The number of nitrogens with one attached hydrogen (secondary N) is 1. The van der Waals surface area contributed by atoms with Crippen LogP contribution in [0.2, 0.25) is 0 Å². The van der Waals surface area contributed by atoms with Gasteiger partial charge >= 0.3 is 0 Å². The van der Waals surface area contributed by atoms with Crippen molar-refractivity contribution < 1.29 is 18.1 Å². The fourth-order valence-corrected chi connectivity index (χ4v) is 4.04. The number of sulfonamides is 1. The van der Waals surface area contributed by atoms with E-state index in [0.717, 1.165) is 6.07 Å². The lowest BCUT2D eigenvalue weighted by Gasteiger charge is -2.32. The van der Waals surface area contributed by atoms with Crippen LogP contribution in [0.15, 0.2) is 29.2 Å². The van der Waals surface area contributed by atoms with Gasteiger partial charge in [0.05, 0.1) is 9.82 Å². The lowest BCUT2D eigenvalue weighted by atomic mass is 10.1. The Hall–Kier alpha value is -2.00. The highest BCUT2D eigenvalue weighted by molar-refractivity contribution is 7.89. The summed E-state index contributed by atoms with van der Waals surface area (Å²) in [4.78, 5) is 21.1. The number of hydrogen-bond donors (Lipinski definition) is 1. The maximum atomic E-state index is 12.6. The molecule has 1 aliphatic heterocycles. The molecule has 1 aromatic rings. The molecular weight excluding hydrogens is 310 g/mol. The summed E-state index contributed by atoms with van der Waals surface area (Å²) in [7, 11) is -3.81. The molecule has 0 aromatic heterocycles. The SMILES string of the molecule is CC(=O)NC1CCCN(S(=O)(=O)c2cccc([N+](=O)[O-])c2)C1. The molecule has 1 aromatic carbocycles. The zero-order valence-electron chi connectivity index (χ0n) is 12.1. The lowest BCUT2D eigenvalue weighted by molar-refractivity contribution is -0.385. The summed E-state index contributed by atoms with van der Waals surface area (Å²) >= 11 is 0. The van der Waals surface area contributed by atoms with Crippen LogP contribution in [0, 0.1) is 10.1 Å². The summed E-state index contributed by atoms with van der Waals surface area (Å²) in [5.74, 6) is -0.209. The van der Waals surface area contributed by atoms with E-state index in [-0.39, 0.29) is 29.1 Å². The predicted octanol–water partition coefficient (Wildman–Crippen LogP) is 0.884. The minimum absolute atomic E-state index is 0.106. The number of carbonyl (C=O) groups excluding carboxylic acids is 1. The van der Waals surface area contributed by atoms with Gasteiger partial charge in [0.15, 0.2) is 0 Å². The topological polar surface area (TPSA) is 110 Å². The van der Waals surface area contributed by atoms with Crippen LogP contribution in [0.3, 0.4) is 0 Å². The molecule has 2 rings (SSSR count). The van der Waals surface area contributed by atoms with Crippen molar-refractivity contribution in [2.45, 2.75) is 30.7 Å². The molecular formula is C13H17N3O5S. The molecule has 1 N–H and O–H groups in total. The number of rotatable bonds is 4. The summed E-state index contributed by atoms with van der Waals surface area (Å²) in [6.07, 6.45) is 1.33. The number of hydrogen-bond acceptors (Lipinski definition) is 5.